The highest BCUT2D eigenvalue weighted by molar-refractivity contribution is 5.67. The monoisotopic (exact) mass is 317 g/mol. The van der Waals surface area contributed by atoms with Crippen LogP contribution < -0.4 is 0 Å². The van der Waals surface area contributed by atoms with Gasteiger partial charge in [0, 0.05) is 35.0 Å². The van der Waals surface area contributed by atoms with Gasteiger partial charge in [-0.25, -0.2) is 0 Å². The minimum absolute atomic E-state index is 0.196. The highest BCUT2D eigenvalue weighted by Crippen LogP contribution is 2.41. The fourth-order valence-corrected chi connectivity index (χ4v) is 2.56. The molecular formula is C14H20O8. The molecule has 0 aromatic carbocycles. The van der Waals surface area contributed by atoms with Gasteiger partial charge in [0.2, 0.25) is 0 Å². The van der Waals surface area contributed by atoms with Crippen LogP contribution in [0.1, 0.15) is 35.0 Å². The molecule has 0 aliphatic carbocycles. The maximum absolute atomic E-state index is 11.4. The highest BCUT2D eigenvalue weighted by atomic mass is 16.7. The van der Waals surface area contributed by atoms with Crippen LogP contribution in [0.3, 0.4) is 0 Å². The molecule has 2 saturated heterocycles. The topological polar surface area (TPSA) is 97.4 Å². The Bertz CT molecular complexity index is 495. The highest BCUT2D eigenvalue weighted by Gasteiger charge is 2.56. The number of fused-ring (bicyclic) bond motifs is 1. The van der Waals surface area contributed by atoms with E-state index in [1.807, 2.05) is 0 Å². The number of ether oxygens (including phenoxy) is 5. The molecule has 0 radical (unpaired) electrons. The van der Waals surface area contributed by atoms with Crippen molar-refractivity contribution in [2.24, 2.45) is 0 Å². The normalized spacial score (nSPS) is 37.7. The van der Waals surface area contributed by atoms with E-state index in [1.165, 1.54) is 20.8 Å². The first-order valence-corrected chi connectivity index (χ1v) is 6.95. The molecule has 2 aliphatic heterocycles. The standard InChI is InChI=1S/C14H20O8/c1-8(15)19-7-12-11(20-9(2)16)6-14(22-10(3)17)4-5-18-13(14)21-12/h11-13H,4-7H2,1-3H3/t11-,12+,13-,14-/m0/s1/i6D/t6?,11-,12+,13-,14-. The van der Waals surface area contributed by atoms with Gasteiger partial charge in [-0.1, -0.05) is 0 Å². The van der Waals surface area contributed by atoms with Crippen molar-refractivity contribution in [1.82, 2.24) is 0 Å². The van der Waals surface area contributed by atoms with Gasteiger partial charge in [0.1, 0.15) is 18.8 Å². The van der Waals surface area contributed by atoms with Crippen molar-refractivity contribution in [1.29, 1.82) is 0 Å². The molecule has 124 valence electrons. The Morgan fingerprint density at radius 2 is 1.95 bits per heavy atom. The molecule has 2 fully saturated rings. The Balaban J connectivity index is 2.26. The van der Waals surface area contributed by atoms with E-state index >= 15 is 0 Å². The fraction of sp³-hybridized carbons (Fsp3) is 0.786. The SMILES string of the molecule is [2H]C1[C@H](OC(C)=O)[C@@H](COC(C)=O)O[C@@H]2OCC[C@]12OC(C)=O. The van der Waals surface area contributed by atoms with Crippen LogP contribution >= 0.6 is 0 Å². The second-order valence-electron chi connectivity index (χ2n) is 5.22. The van der Waals surface area contributed by atoms with Crippen molar-refractivity contribution in [3.05, 3.63) is 0 Å². The first-order chi connectivity index (χ1) is 10.8. The average molecular weight is 317 g/mol. The molecule has 8 nitrogen and oxygen atoms in total. The van der Waals surface area contributed by atoms with E-state index in [9.17, 15) is 14.4 Å². The van der Waals surface area contributed by atoms with Gasteiger partial charge in [-0.05, 0) is 0 Å². The van der Waals surface area contributed by atoms with Crippen molar-refractivity contribution >= 4 is 17.9 Å². The Kier molecular flexibility index (Phi) is 4.58. The van der Waals surface area contributed by atoms with Crippen LogP contribution in [-0.4, -0.2) is 55.2 Å². The summed E-state index contributed by atoms with van der Waals surface area (Å²) in [6, 6.07) is 0. The summed E-state index contributed by atoms with van der Waals surface area (Å²) >= 11 is 0. The van der Waals surface area contributed by atoms with Crippen LogP contribution in [0.4, 0.5) is 0 Å². The summed E-state index contributed by atoms with van der Waals surface area (Å²) in [6.07, 6.45) is -3.77. The summed E-state index contributed by atoms with van der Waals surface area (Å²) in [6.45, 7) is 3.70. The maximum atomic E-state index is 11.4. The molecule has 2 heterocycles. The lowest BCUT2D eigenvalue weighted by Crippen LogP contribution is -2.57. The van der Waals surface area contributed by atoms with Crippen molar-refractivity contribution in [2.75, 3.05) is 13.2 Å². The predicted molar refractivity (Wildman–Crippen MR) is 70.5 cm³/mol. The molecular weight excluding hydrogens is 296 g/mol. The van der Waals surface area contributed by atoms with Crippen LogP contribution in [0.5, 0.6) is 0 Å². The number of carbonyl (C=O) groups excluding carboxylic acids is 3. The first-order valence-electron chi connectivity index (χ1n) is 7.53. The molecule has 2 rings (SSSR count). The van der Waals surface area contributed by atoms with E-state index in [0.717, 1.165) is 0 Å². The summed E-state index contributed by atoms with van der Waals surface area (Å²) in [5, 5.41) is 0. The zero-order valence-corrected chi connectivity index (χ0v) is 12.7. The third kappa shape index (κ3) is 3.75. The lowest BCUT2D eigenvalue weighted by atomic mass is 9.88. The first kappa shape index (κ1) is 15.2. The molecule has 22 heavy (non-hydrogen) atoms. The second kappa shape index (κ2) is 6.62. The number of hydrogen-bond acceptors (Lipinski definition) is 8. The van der Waals surface area contributed by atoms with E-state index in [4.69, 9.17) is 25.1 Å². The van der Waals surface area contributed by atoms with Gasteiger partial charge in [0.25, 0.3) is 0 Å². The van der Waals surface area contributed by atoms with Gasteiger partial charge in [0.05, 0.1) is 6.61 Å². The maximum Gasteiger partial charge on any atom is 0.303 e. The number of hydrogen-bond donors (Lipinski definition) is 0. The predicted octanol–water partition coefficient (Wildman–Crippen LogP) is 0.318. The van der Waals surface area contributed by atoms with Gasteiger partial charge in [-0.15, -0.1) is 0 Å². The number of carbonyl (C=O) groups is 3. The zero-order valence-electron chi connectivity index (χ0n) is 13.7. The second-order valence-corrected chi connectivity index (χ2v) is 5.22. The van der Waals surface area contributed by atoms with Crippen LogP contribution in [0.25, 0.3) is 0 Å². The summed E-state index contributed by atoms with van der Waals surface area (Å²) in [5.74, 6) is -1.72. The summed E-state index contributed by atoms with van der Waals surface area (Å²) in [4.78, 5) is 33.8. The van der Waals surface area contributed by atoms with Crippen molar-refractivity contribution < 1.29 is 39.4 Å². The average Bonchev–Trinajstić information content (AvgIpc) is 2.82. The third-order valence-electron chi connectivity index (χ3n) is 3.36. The fourth-order valence-electron chi connectivity index (χ4n) is 2.56. The van der Waals surface area contributed by atoms with Gasteiger partial charge >= 0.3 is 17.9 Å². The summed E-state index contributed by atoms with van der Waals surface area (Å²) in [5.41, 5.74) is -1.35. The Morgan fingerprint density at radius 3 is 2.55 bits per heavy atom. The summed E-state index contributed by atoms with van der Waals surface area (Å²) < 4.78 is 35.0. The van der Waals surface area contributed by atoms with Crippen molar-refractivity contribution in [3.63, 3.8) is 0 Å². The molecule has 0 aromatic heterocycles. The van der Waals surface area contributed by atoms with Crippen LogP contribution in [0, 0.1) is 0 Å². The van der Waals surface area contributed by atoms with Gasteiger partial charge < -0.3 is 23.7 Å². The molecule has 2 aliphatic rings. The molecule has 0 spiro atoms. The van der Waals surface area contributed by atoms with E-state index in [-0.39, 0.29) is 19.6 Å². The molecule has 0 bridgehead atoms. The van der Waals surface area contributed by atoms with Gasteiger partial charge in [-0.2, -0.15) is 0 Å². The van der Waals surface area contributed by atoms with Gasteiger partial charge in [0.15, 0.2) is 11.9 Å². The Labute approximate surface area is 129 Å². The Morgan fingerprint density at radius 1 is 1.23 bits per heavy atom. The minimum Gasteiger partial charge on any atom is -0.463 e. The molecule has 0 amide bonds. The molecule has 8 heteroatoms. The van der Waals surface area contributed by atoms with E-state index in [2.05, 4.69) is 0 Å². The van der Waals surface area contributed by atoms with Crippen molar-refractivity contribution in [3.8, 4) is 0 Å². The molecule has 0 N–H and O–H groups in total. The van der Waals surface area contributed by atoms with Crippen LogP contribution in [0.15, 0.2) is 0 Å². The molecule has 0 saturated carbocycles. The molecule has 5 atom stereocenters. The van der Waals surface area contributed by atoms with E-state index in [1.54, 1.807) is 0 Å². The van der Waals surface area contributed by atoms with Gasteiger partial charge in [-0.3, -0.25) is 14.4 Å². The zero-order chi connectivity index (χ0) is 17.2. The van der Waals surface area contributed by atoms with Crippen LogP contribution in [0.2, 0.25) is 0 Å². The van der Waals surface area contributed by atoms with E-state index < -0.39 is 48.4 Å². The number of rotatable bonds is 4. The Hall–Kier alpha value is -1.67. The largest absolute Gasteiger partial charge is 0.463 e. The lowest BCUT2D eigenvalue weighted by Gasteiger charge is -2.43. The van der Waals surface area contributed by atoms with Crippen LogP contribution in [-0.2, 0) is 38.1 Å². The smallest absolute Gasteiger partial charge is 0.303 e. The van der Waals surface area contributed by atoms with Crippen molar-refractivity contribution in [2.45, 2.75) is 57.7 Å². The molecule has 1 unspecified atom stereocenters. The quantitative estimate of drug-likeness (QED) is 0.540. The van der Waals surface area contributed by atoms with E-state index in [0.29, 0.717) is 0 Å². The molecule has 0 aromatic rings. The lowest BCUT2D eigenvalue weighted by molar-refractivity contribution is -0.282. The third-order valence-corrected chi connectivity index (χ3v) is 3.36. The minimum atomic E-state index is -1.35. The number of esters is 3. The summed E-state index contributed by atoms with van der Waals surface area (Å²) in [7, 11) is 0.